The number of terminal acetylenes is 1. The van der Waals surface area contributed by atoms with E-state index in [9.17, 15) is 4.79 Å². The number of fused-ring (bicyclic) bond motifs is 6. The highest BCUT2D eigenvalue weighted by Gasteiger charge is 2.40. The summed E-state index contributed by atoms with van der Waals surface area (Å²) in [6.07, 6.45) is 5.10. The summed E-state index contributed by atoms with van der Waals surface area (Å²) >= 11 is 14.3. The minimum absolute atomic E-state index is 0.0937. The van der Waals surface area contributed by atoms with Crippen LogP contribution in [0.25, 0.3) is 99.5 Å². The zero-order chi connectivity index (χ0) is 50.5. The van der Waals surface area contributed by atoms with Gasteiger partial charge in [-0.05, 0) is 166 Å². The Morgan fingerprint density at radius 1 is 0.297 bits per heavy atom. The van der Waals surface area contributed by atoms with Gasteiger partial charge in [-0.2, -0.15) is 0 Å². The van der Waals surface area contributed by atoms with Crippen LogP contribution in [0.4, 0.5) is 0 Å². The Kier molecular flexibility index (Phi) is 12.9. The van der Waals surface area contributed by atoms with Crippen molar-refractivity contribution in [2.75, 3.05) is 0 Å². The molecule has 0 atom stereocenters. The molecule has 5 heteroatoms. The van der Waals surface area contributed by atoms with Crippen molar-refractivity contribution in [3.8, 4) is 68.0 Å². The number of benzene rings is 11. The summed E-state index contributed by atoms with van der Waals surface area (Å²) in [7, 11) is 0. The zero-order valence-electron chi connectivity index (χ0n) is 39.5. The number of allylic oxidation sites excluding steroid dienone is 4. The highest BCUT2D eigenvalue weighted by atomic mass is 79.9. The van der Waals surface area contributed by atoms with Gasteiger partial charge in [0.05, 0.1) is 0 Å². The van der Waals surface area contributed by atoms with E-state index in [4.69, 9.17) is 6.42 Å². The first kappa shape index (κ1) is 47.6. The molecule has 11 aromatic carbocycles. The number of carbonyl (C=O) groups is 1. The van der Waals surface area contributed by atoms with Crippen LogP contribution in [-0.2, 0) is 4.79 Å². The van der Waals surface area contributed by atoms with E-state index in [0.29, 0.717) is 0 Å². The van der Waals surface area contributed by atoms with Gasteiger partial charge in [-0.3, -0.25) is 4.79 Å². The van der Waals surface area contributed by atoms with Gasteiger partial charge in [-0.25, -0.2) is 0 Å². The second kappa shape index (κ2) is 20.1. The van der Waals surface area contributed by atoms with Crippen LogP contribution in [-0.4, -0.2) is 5.78 Å². The lowest BCUT2D eigenvalue weighted by Crippen LogP contribution is -2.02. The Hall–Kier alpha value is -7.43. The Morgan fingerprint density at radius 2 is 0.662 bits per heavy atom. The van der Waals surface area contributed by atoms with E-state index in [2.05, 4.69) is 227 Å². The van der Waals surface area contributed by atoms with Crippen LogP contribution >= 0.6 is 63.7 Å². The fraction of sp³-hybridized carbons (Fsp3) is 0. The molecule has 0 aromatic heterocycles. The van der Waals surface area contributed by atoms with E-state index in [0.717, 1.165) is 68.0 Å². The predicted molar refractivity (Wildman–Crippen MR) is 325 cm³/mol. The minimum atomic E-state index is 0.0937. The molecule has 1 nitrogen and oxygen atoms in total. The third-order valence-corrected chi connectivity index (χ3v) is 16.1. The fourth-order valence-electron chi connectivity index (χ4n) is 10.8. The first-order valence-corrected chi connectivity index (χ1v) is 27.3. The van der Waals surface area contributed by atoms with Gasteiger partial charge in [-0.15, -0.1) is 6.42 Å². The monoisotopic (exact) mass is 1200 g/mol. The van der Waals surface area contributed by atoms with E-state index in [1.165, 1.54) is 77.2 Å². The molecular weight excluding hydrogens is 1160 g/mol. The molecule has 3 aliphatic carbocycles. The first-order chi connectivity index (χ1) is 36.2. The number of rotatable bonds is 5. The zero-order valence-corrected chi connectivity index (χ0v) is 45.9. The lowest BCUT2D eigenvalue weighted by molar-refractivity contribution is -0.108. The van der Waals surface area contributed by atoms with E-state index in [1.54, 1.807) is 0 Å². The summed E-state index contributed by atoms with van der Waals surface area (Å²) in [4.78, 5) is 13.9. The van der Waals surface area contributed by atoms with Gasteiger partial charge in [0.25, 0.3) is 0 Å². The molecule has 0 saturated heterocycles. The average molecular weight is 1200 g/mol. The third-order valence-electron chi connectivity index (χ3n) is 14.0. The quantitative estimate of drug-likeness (QED) is 0.157. The van der Waals surface area contributed by atoms with Crippen LogP contribution in [0.1, 0.15) is 27.8 Å². The fourth-order valence-corrected chi connectivity index (χ4v) is 11.9. The van der Waals surface area contributed by atoms with Gasteiger partial charge in [0.1, 0.15) is 0 Å². The lowest BCUT2D eigenvalue weighted by Gasteiger charge is -2.21. The number of carbonyl (C=O) groups excluding carboxylic acids is 1. The Bertz CT molecular complexity index is 4020. The predicted octanol–water partition coefficient (Wildman–Crippen LogP) is 20.5. The number of hydrogen-bond donors (Lipinski definition) is 0. The summed E-state index contributed by atoms with van der Waals surface area (Å²) in [6, 6.07) is 82.5. The second-order valence-corrected chi connectivity index (χ2v) is 21.9. The topological polar surface area (TPSA) is 17.1 Å². The second-order valence-electron chi connectivity index (χ2n) is 18.2. The maximum atomic E-state index is 13.9. The smallest absolute Gasteiger partial charge is 0.195 e. The van der Waals surface area contributed by atoms with Crippen molar-refractivity contribution < 1.29 is 4.79 Å². The van der Waals surface area contributed by atoms with Crippen LogP contribution in [0.3, 0.4) is 0 Å². The van der Waals surface area contributed by atoms with Crippen molar-refractivity contribution >= 4 is 113 Å². The number of hydrogen-bond acceptors (Lipinski definition) is 1. The van der Waals surface area contributed by atoms with Crippen molar-refractivity contribution in [3.63, 3.8) is 0 Å². The minimum Gasteiger partial charge on any atom is -0.289 e. The lowest BCUT2D eigenvalue weighted by atomic mass is 9.82. The maximum Gasteiger partial charge on any atom is 0.195 e. The summed E-state index contributed by atoms with van der Waals surface area (Å²) in [6.45, 7) is 0. The van der Waals surface area contributed by atoms with Gasteiger partial charge >= 0.3 is 0 Å². The molecule has 11 aromatic rings. The van der Waals surface area contributed by atoms with Crippen molar-refractivity contribution in [1.82, 2.24) is 0 Å². The van der Waals surface area contributed by atoms with Gasteiger partial charge in [0, 0.05) is 45.7 Å². The molecule has 0 heterocycles. The number of halogens is 4. The SMILES string of the molecule is Brc1ccc(-c2cc(-c3ccccc3)c(-c3ccc(Br)cc3)c3c2-c2cccc4cccc-3c24)cc1.C#Cc1ccccc1.O=C1C(c2ccc(Br)cc2)=C2C(=C1c1ccc(Br)cc1)c1cccc3cccc2c13. The highest BCUT2D eigenvalue weighted by Crippen LogP contribution is 2.58. The average Bonchev–Trinajstić information content (AvgIpc) is 4.13. The maximum absolute atomic E-state index is 13.9. The van der Waals surface area contributed by atoms with Crippen LogP contribution < -0.4 is 0 Å². The molecule has 0 fully saturated rings. The van der Waals surface area contributed by atoms with E-state index in [1.807, 2.05) is 78.9 Å². The van der Waals surface area contributed by atoms with Crippen LogP contribution in [0.2, 0.25) is 0 Å². The van der Waals surface area contributed by atoms with Crippen molar-refractivity contribution in [2.24, 2.45) is 0 Å². The summed E-state index contributed by atoms with van der Waals surface area (Å²) in [5.74, 6) is 2.62. The Labute approximate surface area is 464 Å². The highest BCUT2D eigenvalue weighted by molar-refractivity contribution is 9.11. The molecule has 0 radical (unpaired) electrons. The molecule has 0 amide bonds. The van der Waals surface area contributed by atoms with E-state index < -0.39 is 0 Å². The van der Waals surface area contributed by atoms with E-state index >= 15 is 0 Å². The standard InChI is InChI=1S/C34H20Br2.C27H14Br2O.C8H6/c35-25-16-12-22(13-17-25)30-20-29(21-6-2-1-3-7-21)32(24-14-18-26(36)19-15-24)34-28-11-5-9-23-8-4-10-27(31(23)28)33(30)34;28-18-11-7-16(8-12-18)23-25-20-5-1-3-15-4-2-6-21(22(15)20)26(25)24(27(23)30)17-9-13-19(29)14-10-17;1-2-8-6-4-3-5-7-8/h1-20H;1-14H;1,3-7H. The first-order valence-electron chi connectivity index (χ1n) is 24.2. The van der Waals surface area contributed by atoms with Crippen LogP contribution in [0, 0.1) is 12.3 Å². The molecule has 0 aliphatic heterocycles. The Balaban J connectivity index is 0.000000132. The van der Waals surface area contributed by atoms with Crippen molar-refractivity contribution in [3.05, 3.63) is 282 Å². The van der Waals surface area contributed by atoms with Gasteiger partial charge in [-0.1, -0.05) is 239 Å². The summed E-state index contributed by atoms with van der Waals surface area (Å²) in [5.41, 5.74) is 21.6. The molecule has 0 N–H and O–H groups in total. The largest absolute Gasteiger partial charge is 0.289 e. The van der Waals surface area contributed by atoms with Crippen LogP contribution in [0.15, 0.2) is 254 Å². The molecule has 14 rings (SSSR count). The molecule has 0 spiro atoms. The molecule has 74 heavy (non-hydrogen) atoms. The summed E-state index contributed by atoms with van der Waals surface area (Å²) < 4.78 is 4.17. The molecule has 3 aliphatic rings. The molecule has 0 saturated carbocycles. The Morgan fingerprint density at radius 3 is 1.11 bits per heavy atom. The number of ketones is 1. The van der Waals surface area contributed by atoms with Gasteiger partial charge in [0.2, 0.25) is 0 Å². The third kappa shape index (κ3) is 8.56. The van der Waals surface area contributed by atoms with Gasteiger partial charge < -0.3 is 0 Å². The molecule has 0 bridgehead atoms. The van der Waals surface area contributed by atoms with E-state index in [-0.39, 0.29) is 5.78 Å². The number of Topliss-reactive ketones (excluding diaryl/α,β-unsaturated/α-hetero) is 1. The molecule has 0 unspecified atom stereocenters. The normalized spacial score (nSPS) is 12.5. The van der Waals surface area contributed by atoms with Crippen molar-refractivity contribution in [2.45, 2.75) is 0 Å². The molecular formula is C69H40Br4O. The van der Waals surface area contributed by atoms with Gasteiger partial charge in [0.15, 0.2) is 5.78 Å². The molecule has 350 valence electrons. The van der Waals surface area contributed by atoms with Crippen molar-refractivity contribution in [1.29, 1.82) is 0 Å². The van der Waals surface area contributed by atoms with Crippen LogP contribution in [0.5, 0.6) is 0 Å². The summed E-state index contributed by atoms with van der Waals surface area (Å²) in [5, 5.41) is 5.07.